The van der Waals surface area contributed by atoms with Gasteiger partial charge in [-0.2, -0.15) is 0 Å². The second-order valence-electron chi connectivity index (χ2n) is 4.34. The van der Waals surface area contributed by atoms with Gasteiger partial charge in [-0.3, -0.25) is 9.36 Å². The van der Waals surface area contributed by atoms with Gasteiger partial charge in [0.1, 0.15) is 11.5 Å². The van der Waals surface area contributed by atoms with Crippen LogP contribution in [0.5, 0.6) is 0 Å². The van der Waals surface area contributed by atoms with Crippen LogP contribution in [-0.2, 0) is 0 Å². The normalized spacial score (nSPS) is 10.8. The van der Waals surface area contributed by atoms with Crippen LogP contribution >= 0.6 is 0 Å². The van der Waals surface area contributed by atoms with Gasteiger partial charge in [-0.15, -0.1) is 0 Å². The van der Waals surface area contributed by atoms with Gasteiger partial charge in [0, 0.05) is 23.6 Å². The molecule has 0 saturated heterocycles. The summed E-state index contributed by atoms with van der Waals surface area (Å²) in [5.74, 6) is -0.292. The number of benzene rings is 1. The summed E-state index contributed by atoms with van der Waals surface area (Å²) in [7, 11) is 0. The van der Waals surface area contributed by atoms with Gasteiger partial charge >= 0.3 is 0 Å². The molecule has 0 N–H and O–H groups in total. The van der Waals surface area contributed by atoms with Gasteiger partial charge in [-0.05, 0) is 43.3 Å². The van der Waals surface area contributed by atoms with Crippen LogP contribution in [0.15, 0.2) is 53.5 Å². The Balaban J connectivity index is 2.40. The molecular weight excluding hydrogens is 243 g/mol. The van der Waals surface area contributed by atoms with Crippen molar-refractivity contribution in [1.82, 2.24) is 9.55 Å². The van der Waals surface area contributed by atoms with Gasteiger partial charge in [0.15, 0.2) is 5.43 Å². The Kier molecular flexibility index (Phi) is 2.63. The van der Waals surface area contributed by atoms with Crippen molar-refractivity contribution < 1.29 is 4.39 Å². The quantitative estimate of drug-likeness (QED) is 0.669. The van der Waals surface area contributed by atoms with E-state index in [1.807, 2.05) is 11.5 Å². The molecule has 2 heterocycles. The molecule has 1 aromatic carbocycles. The number of pyridine rings is 2. The molecule has 0 amide bonds. The molecule has 3 aromatic rings. The summed E-state index contributed by atoms with van der Waals surface area (Å²) >= 11 is 0. The van der Waals surface area contributed by atoms with Crippen LogP contribution in [0.25, 0.3) is 16.7 Å². The lowest BCUT2D eigenvalue weighted by molar-refractivity contribution is 0.627. The highest BCUT2D eigenvalue weighted by molar-refractivity contribution is 5.77. The lowest BCUT2D eigenvalue weighted by atomic mass is 10.2. The van der Waals surface area contributed by atoms with E-state index in [2.05, 4.69) is 4.98 Å². The second-order valence-corrected chi connectivity index (χ2v) is 4.34. The minimum Gasteiger partial charge on any atom is -0.298 e. The minimum absolute atomic E-state index is 0.0565. The molecule has 4 heteroatoms. The molecule has 19 heavy (non-hydrogen) atoms. The molecule has 94 valence electrons. The van der Waals surface area contributed by atoms with E-state index in [9.17, 15) is 9.18 Å². The van der Waals surface area contributed by atoms with Crippen LogP contribution in [0, 0.1) is 12.7 Å². The van der Waals surface area contributed by atoms with Crippen molar-refractivity contribution in [2.24, 2.45) is 0 Å². The fourth-order valence-corrected chi connectivity index (χ4v) is 2.18. The molecule has 0 aliphatic carbocycles. The Bertz CT molecular complexity index is 806. The molecule has 3 nitrogen and oxygen atoms in total. The largest absolute Gasteiger partial charge is 0.298 e. The number of nitrogens with zero attached hydrogens (tertiary/aromatic N) is 2. The Morgan fingerprint density at radius 3 is 2.63 bits per heavy atom. The fourth-order valence-electron chi connectivity index (χ4n) is 2.18. The summed E-state index contributed by atoms with van der Waals surface area (Å²) in [5, 5.41) is 0.553. The first-order valence-electron chi connectivity index (χ1n) is 5.90. The highest BCUT2D eigenvalue weighted by atomic mass is 19.1. The predicted octanol–water partition coefficient (Wildman–Crippen LogP) is 2.83. The van der Waals surface area contributed by atoms with E-state index in [-0.39, 0.29) is 11.2 Å². The predicted molar refractivity (Wildman–Crippen MR) is 72.0 cm³/mol. The molecule has 0 saturated carbocycles. The average Bonchev–Trinajstić information content (AvgIpc) is 2.41. The van der Waals surface area contributed by atoms with Crippen molar-refractivity contribution in [2.45, 2.75) is 6.92 Å². The average molecular weight is 254 g/mol. The lowest BCUT2D eigenvalue weighted by Crippen LogP contribution is -2.11. The molecular formula is C15H11FN2O. The number of aromatic nitrogens is 2. The smallest absolute Gasteiger partial charge is 0.191 e. The maximum atomic E-state index is 13.0. The first-order chi connectivity index (χ1) is 9.16. The van der Waals surface area contributed by atoms with Crippen molar-refractivity contribution in [3.63, 3.8) is 0 Å². The summed E-state index contributed by atoms with van der Waals surface area (Å²) in [4.78, 5) is 16.2. The molecule has 3 rings (SSSR count). The van der Waals surface area contributed by atoms with Gasteiger partial charge in [0.25, 0.3) is 0 Å². The molecule has 0 spiro atoms. The Morgan fingerprint density at radius 1 is 1.16 bits per heavy atom. The fraction of sp³-hybridized carbons (Fsp3) is 0.0667. The molecule has 0 radical (unpaired) electrons. The number of hydrogen-bond donors (Lipinski definition) is 0. The van der Waals surface area contributed by atoms with E-state index in [1.165, 1.54) is 12.1 Å². The Labute approximate surface area is 109 Å². The van der Waals surface area contributed by atoms with Crippen LogP contribution in [0.1, 0.15) is 5.69 Å². The first-order valence-corrected chi connectivity index (χ1v) is 5.90. The van der Waals surface area contributed by atoms with E-state index in [1.54, 1.807) is 36.5 Å². The van der Waals surface area contributed by atoms with Crippen LogP contribution < -0.4 is 5.43 Å². The van der Waals surface area contributed by atoms with Crippen LogP contribution in [-0.4, -0.2) is 9.55 Å². The third-order valence-electron chi connectivity index (χ3n) is 3.04. The summed E-state index contributed by atoms with van der Waals surface area (Å²) < 4.78 is 14.8. The van der Waals surface area contributed by atoms with E-state index in [0.29, 0.717) is 11.0 Å². The zero-order valence-corrected chi connectivity index (χ0v) is 10.3. The molecule has 2 aromatic heterocycles. The number of aryl methyl sites for hydroxylation is 1. The third kappa shape index (κ3) is 1.91. The molecule has 0 aliphatic rings. The molecule has 0 fully saturated rings. The Hall–Kier alpha value is -2.49. The monoisotopic (exact) mass is 254 g/mol. The van der Waals surface area contributed by atoms with Crippen molar-refractivity contribution in [3.05, 3.63) is 70.4 Å². The van der Waals surface area contributed by atoms with Crippen LogP contribution in [0.2, 0.25) is 0 Å². The van der Waals surface area contributed by atoms with Crippen LogP contribution in [0.4, 0.5) is 4.39 Å². The van der Waals surface area contributed by atoms with Gasteiger partial charge in [-0.25, -0.2) is 9.37 Å². The number of hydrogen-bond acceptors (Lipinski definition) is 2. The zero-order chi connectivity index (χ0) is 13.4. The summed E-state index contributed by atoms with van der Waals surface area (Å²) in [6.45, 7) is 1.83. The van der Waals surface area contributed by atoms with Crippen molar-refractivity contribution in [2.75, 3.05) is 0 Å². The highest BCUT2D eigenvalue weighted by Crippen LogP contribution is 2.17. The molecule has 0 aliphatic heterocycles. The molecule has 0 unspecified atom stereocenters. The van der Waals surface area contributed by atoms with Crippen molar-refractivity contribution in [1.29, 1.82) is 0 Å². The third-order valence-corrected chi connectivity index (χ3v) is 3.04. The zero-order valence-electron chi connectivity index (χ0n) is 10.3. The minimum atomic E-state index is -0.292. The van der Waals surface area contributed by atoms with Gasteiger partial charge in [0.05, 0.1) is 5.39 Å². The summed E-state index contributed by atoms with van der Waals surface area (Å²) in [6.07, 6.45) is 1.64. The van der Waals surface area contributed by atoms with E-state index < -0.39 is 0 Å². The first kappa shape index (κ1) is 11.6. The van der Waals surface area contributed by atoms with E-state index in [0.717, 1.165) is 11.4 Å². The summed E-state index contributed by atoms with van der Waals surface area (Å²) in [6, 6.07) is 11.1. The lowest BCUT2D eigenvalue weighted by Gasteiger charge is -2.13. The molecule has 0 bridgehead atoms. The second kappa shape index (κ2) is 4.31. The van der Waals surface area contributed by atoms with Crippen molar-refractivity contribution >= 4 is 11.0 Å². The van der Waals surface area contributed by atoms with Gasteiger partial charge < -0.3 is 0 Å². The molecule has 0 atom stereocenters. The number of halogens is 1. The number of rotatable bonds is 1. The number of fused-ring (bicyclic) bond motifs is 1. The van der Waals surface area contributed by atoms with Gasteiger partial charge in [0.2, 0.25) is 0 Å². The highest BCUT2D eigenvalue weighted by Gasteiger charge is 2.08. The van der Waals surface area contributed by atoms with E-state index in [4.69, 9.17) is 0 Å². The van der Waals surface area contributed by atoms with Gasteiger partial charge in [-0.1, -0.05) is 0 Å². The van der Waals surface area contributed by atoms with E-state index >= 15 is 0 Å². The Morgan fingerprint density at radius 2 is 1.89 bits per heavy atom. The summed E-state index contributed by atoms with van der Waals surface area (Å²) in [5.41, 5.74) is 2.07. The van der Waals surface area contributed by atoms with Crippen molar-refractivity contribution in [3.8, 4) is 5.69 Å². The van der Waals surface area contributed by atoms with Crippen LogP contribution in [0.3, 0.4) is 0 Å². The maximum Gasteiger partial charge on any atom is 0.191 e. The standard InChI is InChI=1S/C15H11FN2O/c1-10-9-14(19)13-3-2-8-17-15(13)18(10)12-6-4-11(16)5-7-12/h2-9H,1H3. The topological polar surface area (TPSA) is 34.9 Å². The maximum absolute atomic E-state index is 13.0. The SMILES string of the molecule is Cc1cc(=O)c2cccnc2n1-c1ccc(F)cc1.